The highest BCUT2D eigenvalue weighted by molar-refractivity contribution is 8.00. The van der Waals surface area contributed by atoms with Crippen LogP contribution in [0.25, 0.3) is 20.7 Å². The second kappa shape index (κ2) is 9.84. The summed E-state index contributed by atoms with van der Waals surface area (Å²) >= 11 is 2.79. The molecular formula is C22H16F2N4O2S2. The van der Waals surface area contributed by atoms with E-state index in [-0.39, 0.29) is 23.9 Å². The van der Waals surface area contributed by atoms with E-state index < -0.39 is 17.5 Å². The van der Waals surface area contributed by atoms with Crippen molar-refractivity contribution in [3.63, 3.8) is 0 Å². The lowest BCUT2D eigenvalue weighted by Crippen LogP contribution is -2.33. The van der Waals surface area contributed by atoms with Crippen LogP contribution in [0.4, 0.5) is 14.5 Å². The van der Waals surface area contributed by atoms with Gasteiger partial charge in [-0.2, -0.15) is 0 Å². The minimum atomic E-state index is -1.07. The average Bonchev–Trinajstić information content (AvgIpc) is 3.24. The summed E-state index contributed by atoms with van der Waals surface area (Å²) in [5, 5.41) is 6.43. The van der Waals surface area contributed by atoms with Crippen LogP contribution < -0.4 is 10.6 Å². The molecule has 0 fully saturated rings. The van der Waals surface area contributed by atoms with Gasteiger partial charge in [0.2, 0.25) is 11.8 Å². The van der Waals surface area contributed by atoms with Crippen molar-refractivity contribution in [1.29, 1.82) is 0 Å². The highest BCUT2D eigenvalue weighted by Gasteiger charge is 2.13. The third-order valence-corrected chi connectivity index (χ3v) is 6.44. The summed E-state index contributed by atoms with van der Waals surface area (Å²) in [6.07, 6.45) is 1.46. The van der Waals surface area contributed by atoms with Crippen molar-refractivity contribution in [2.24, 2.45) is 0 Å². The van der Waals surface area contributed by atoms with E-state index in [1.54, 1.807) is 11.3 Å². The number of thiophene rings is 1. The summed E-state index contributed by atoms with van der Waals surface area (Å²) in [7, 11) is 0. The third kappa shape index (κ3) is 5.27. The number of fused-ring (bicyclic) bond motifs is 1. The molecule has 2 heterocycles. The van der Waals surface area contributed by atoms with Crippen LogP contribution in [0, 0.1) is 11.6 Å². The van der Waals surface area contributed by atoms with Crippen LogP contribution in [0.5, 0.6) is 0 Å². The van der Waals surface area contributed by atoms with Crippen molar-refractivity contribution in [3.05, 3.63) is 72.6 Å². The van der Waals surface area contributed by atoms with Crippen molar-refractivity contribution >= 4 is 50.8 Å². The van der Waals surface area contributed by atoms with Gasteiger partial charge >= 0.3 is 0 Å². The molecule has 162 valence electrons. The van der Waals surface area contributed by atoms with Crippen molar-refractivity contribution in [2.45, 2.75) is 5.03 Å². The molecule has 2 aromatic heterocycles. The maximum atomic E-state index is 13.2. The maximum absolute atomic E-state index is 13.2. The molecule has 2 aromatic carbocycles. The van der Waals surface area contributed by atoms with Gasteiger partial charge in [0.1, 0.15) is 16.2 Å². The quantitative estimate of drug-likeness (QED) is 0.307. The number of benzene rings is 2. The van der Waals surface area contributed by atoms with E-state index in [2.05, 4.69) is 20.6 Å². The number of hydrogen-bond donors (Lipinski definition) is 2. The monoisotopic (exact) mass is 470 g/mol. The molecule has 0 radical (unpaired) electrons. The van der Waals surface area contributed by atoms with E-state index in [9.17, 15) is 18.4 Å². The molecule has 2 amide bonds. The van der Waals surface area contributed by atoms with Crippen LogP contribution in [0.2, 0.25) is 0 Å². The number of hydrogen-bond acceptors (Lipinski definition) is 6. The molecule has 0 spiro atoms. The van der Waals surface area contributed by atoms with Gasteiger partial charge in [-0.25, -0.2) is 18.7 Å². The third-order valence-electron chi connectivity index (χ3n) is 4.34. The molecule has 4 aromatic rings. The molecule has 0 aliphatic heterocycles. The van der Waals surface area contributed by atoms with E-state index in [0.717, 1.165) is 32.8 Å². The molecule has 0 aliphatic carbocycles. The van der Waals surface area contributed by atoms with Crippen LogP contribution in [-0.2, 0) is 9.59 Å². The molecule has 6 nitrogen and oxygen atoms in total. The first-order valence-electron chi connectivity index (χ1n) is 9.44. The lowest BCUT2D eigenvalue weighted by molar-refractivity contribution is -0.122. The van der Waals surface area contributed by atoms with E-state index in [1.165, 1.54) is 24.2 Å². The number of thioether (sulfide) groups is 1. The summed E-state index contributed by atoms with van der Waals surface area (Å²) in [6, 6.07) is 14.9. The second-order valence-electron chi connectivity index (χ2n) is 6.62. The zero-order valence-corrected chi connectivity index (χ0v) is 18.1. The molecule has 0 saturated heterocycles. The molecule has 0 saturated carbocycles. The van der Waals surface area contributed by atoms with Crippen LogP contribution in [0.1, 0.15) is 0 Å². The Morgan fingerprint density at radius 3 is 2.56 bits per heavy atom. The molecule has 4 rings (SSSR count). The average molecular weight is 471 g/mol. The Labute approximate surface area is 190 Å². The van der Waals surface area contributed by atoms with Gasteiger partial charge in [-0.15, -0.1) is 11.3 Å². The van der Waals surface area contributed by atoms with Gasteiger partial charge in [0.15, 0.2) is 11.6 Å². The number of anilines is 1. The topological polar surface area (TPSA) is 84.0 Å². The lowest BCUT2D eigenvalue weighted by atomic mass is 10.2. The Kier molecular flexibility index (Phi) is 6.72. The fourth-order valence-electron chi connectivity index (χ4n) is 2.84. The van der Waals surface area contributed by atoms with Gasteiger partial charge in [0, 0.05) is 22.0 Å². The predicted octanol–water partition coefficient (Wildman–Crippen LogP) is 4.48. The van der Waals surface area contributed by atoms with E-state index in [4.69, 9.17) is 0 Å². The number of carbonyl (C=O) groups excluding carboxylic acids is 2. The Hall–Kier alpha value is -3.37. The zero-order chi connectivity index (χ0) is 22.5. The molecular weight excluding hydrogens is 454 g/mol. The van der Waals surface area contributed by atoms with Crippen molar-refractivity contribution in [3.8, 4) is 10.4 Å². The summed E-state index contributed by atoms with van der Waals surface area (Å²) in [4.78, 5) is 34.6. The fraction of sp³-hybridized carbons (Fsp3) is 0.0909. The first-order valence-corrected chi connectivity index (χ1v) is 11.2. The minimum Gasteiger partial charge on any atom is -0.346 e. The Morgan fingerprint density at radius 1 is 0.969 bits per heavy atom. The van der Waals surface area contributed by atoms with E-state index >= 15 is 0 Å². The molecule has 0 unspecified atom stereocenters. The highest BCUT2D eigenvalue weighted by atomic mass is 32.2. The van der Waals surface area contributed by atoms with Gasteiger partial charge in [0.05, 0.1) is 12.3 Å². The van der Waals surface area contributed by atoms with Gasteiger partial charge < -0.3 is 10.6 Å². The smallest absolute Gasteiger partial charge is 0.243 e. The summed E-state index contributed by atoms with van der Waals surface area (Å²) in [5.74, 6) is -2.93. The standard InChI is InChI=1S/C22H16F2N4O2S2/c23-16-7-6-14(8-17(16)24)28-19(29)10-25-20(30)11-31-21-15-9-18(13-4-2-1-3-5-13)32-22(15)27-12-26-21/h1-9,12H,10-11H2,(H,25,30)(H,28,29). The molecule has 0 aliphatic rings. The van der Waals surface area contributed by atoms with Crippen LogP contribution in [-0.4, -0.2) is 34.1 Å². The summed E-state index contributed by atoms with van der Waals surface area (Å²) in [5.41, 5.74) is 1.18. The normalized spacial score (nSPS) is 10.8. The Bertz CT molecular complexity index is 1280. The molecule has 0 bridgehead atoms. The first kappa shape index (κ1) is 21.8. The predicted molar refractivity (Wildman–Crippen MR) is 122 cm³/mol. The van der Waals surface area contributed by atoms with Gasteiger partial charge in [-0.05, 0) is 23.8 Å². The molecule has 32 heavy (non-hydrogen) atoms. The number of carbonyl (C=O) groups is 2. The Balaban J connectivity index is 1.33. The largest absolute Gasteiger partial charge is 0.346 e. The van der Waals surface area contributed by atoms with Crippen molar-refractivity contribution in [2.75, 3.05) is 17.6 Å². The lowest BCUT2D eigenvalue weighted by Gasteiger charge is -2.07. The van der Waals surface area contributed by atoms with Crippen molar-refractivity contribution < 1.29 is 18.4 Å². The first-order chi connectivity index (χ1) is 15.5. The SMILES string of the molecule is O=C(CSc1ncnc2sc(-c3ccccc3)cc12)NCC(=O)Nc1ccc(F)c(F)c1. The summed E-state index contributed by atoms with van der Waals surface area (Å²) in [6.45, 7) is -0.297. The maximum Gasteiger partial charge on any atom is 0.243 e. The highest BCUT2D eigenvalue weighted by Crippen LogP contribution is 2.35. The number of rotatable bonds is 7. The number of nitrogens with one attached hydrogen (secondary N) is 2. The number of halogens is 2. The Morgan fingerprint density at radius 2 is 1.78 bits per heavy atom. The number of amides is 2. The zero-order valence-electron chi connectivity index (χ0n) is 16.5. The van der Waals surface area contributed by atoms with E-state index in [0.29, 0.717) is 5.03 Å². The van der Waals surface area contributed by atoms with Gasteiger partial charge in [-0.1, -0.05) is 42.1 Å². The number of nitrogens with zero attached hydrogens (tertiary/aromatic N) is 2. The van der Waals surface area contributed by atoms with Crippen LogP contribution >= 0.6 is 23.1 Å². The van der Waals surface area contributed by atoms with Gasteiger partial charge in [0.25, 0.3) is 0 Å². The second-order valence-corrected chi connectivity index (χ2v) is 8.61. The molecule has 10 heteroatoms. The van der Waals surface area contributed by atoms with Crippen LogP contribution in [0.15, 0.2) is 66.0 Å². The molecule has 0 atom stereocenters. The van der Waals surface area contributed by atoms with Crippen LogP contribution in [0.3, 0.4) is 0 Å². The minimum absolute atomic E-state index is 0.0566. The van der Waals surface area contributed by atoms with Gasteiger partial charge in [-0.3, -0.25) is 9.59 Å². The summed E-state index contributed by atoms with van der Waals surface area (Å²) < 4.78 is 26.2. The van der Waals surface area contributed by atoms with E-state index in [1.807, 2.05) is 36.4 Å². The molecule has 2 N–H and O–H groups in total. The number of aromatic nitrogens is 2. The fourth-order valence-corrected chi connectivity index (χ4v) is 4.71. The van der Waals surface area contributed by atoms with Crippen molar-refractivity contribution in [1.82, 2.24) is 15.3 Å².